The third-order valence-electron chi connectivity index (χ3n) is 3.84. The normalized spacial score (nSPS) is 16.8. The predicted molar refractivity (Wildman–Crippen MR) is 94.1 cm³/mol. The first kappa shape index (κ1) is 15.5. The molecule has 3 rings (SSSR count). The average Bonchev–Trinajstić information content (AvgIpc) is 2.74. The molecule has 0 fully saturated rings. The quantitative estimate of drug-likeness (QED) is 0.630. The van der Waals surface area contributed by atoms with Gasteiger partial charge in [0.2, 0.25) is 0 Å². The Morgan fingerprint density at radius 1 is 0.818 bits per heavy atom. The molecule has 4 heteroatoms. The Bertz CT molecular complexity index is 713. The van der Waals surface area contributed by atoms with E-state index >= 15 is 0 Å². The van der Waals surface area contributed by atoms with E-state index in [4.69, 9.17) is 4.74 Å². The number of aryl methyl sites for hydroxylation is 2. The van der Waals surface area contributed by atoms with Gasteiger partial charge < -0.3 is 4.74 Å². The molecule has 0 aromatic heterocycles. The van der Waals surface area contributed by atoms with Gasteiger partial charge in [-0.3, -0.25) is 0 Å². The molecule has 0 spiro atoms. The lowest BCUT2D eigenvalue weighted by Crippen LogP contribution is -2.29. The van der Waals surface area contributed by atoms with Crippen molar-refractivity contribution in [3.63, 3.8) is 0 Å². The summed E-state index contributed by atoms with van der Waals surface area (Å²) < 4.78 is 6.94. The molecule has 1 aliphatic heterocycles. The van der Waals surface area contributed by atoms with Crippen molar-refractivity contribution in [2.24, 2.45) is 0 Å². The van der Waals surface area contributed by atoms with Crippen LogP contribution in [-0.2, 0) is 15.1 Å². The Morgan fingerprint density at radius 3 is 1.55 bits per heavy atom. The molecule has 2 aromatic rings. The van der Waals surface area contributed by atoms with Gasteiger partial charge in [0, 0.05) is 11.1 Å². The molecule has 0 radical (unpaired) electrons. The molecule has 0 amide bonds. The second-order valence-corrected chi connectivity index (χ2v) is 7.02. The fourth-order valence-corrected chi connectivity index (χ4v) is 3.65. The summed E-state index contributed by atoms with van der Waals surface area (Å²) in [6.07, 6.45) is 0. The summed E-state index contributed by atoms with van der Waals surface area (Å²) in [7, 11) is 0. The zero-order valence-electron chi connectivity index (χ0n) is 12.2. The average molecular weight is 422 g/mol. The standard InChI is InChI=1S/C18H14Br2O2/c1-11-3-7-13(8-4-11)18(14-9-5-12(2)6-10-14)16(20)15(19)17(21)22-18/h3-10H,1-2H3. The molecule has 0 atom stereocenters. The van der Waals surface area contributed by atoms with Crippen LogP contribution in [0.2, 0.25) is 0 Å². The summed E-state index contributed by atoms with van der Waals surface area (Å²) in [5.74, 6) is -0.368. The topological polar surface area (TPSA) is 26.3 Å². The molecule has 0 N–H and O–H groups in total. The van der Waals surface area contributed by atoms with Gasteiger partial charge in [0.1, 0.15) is 4.48 Å². The lowest BCUT2D eigenvalue weighted by atomic mass is 9.85. The summed E-state index contributed by atoms with van der Waals surface area (Å²) in [5, 5.41) is 0. The van der Waals surface area contributed by atoms with Crippen molar-refractivity contribution in [2.45, 2.75) is 19.4 Å². The van der Waals surface area contributed by atoms with Crippen LogP contribution in [0.25, 0.3) is 0 Å². The summed E-state index contributed by atoms with van der Waals surface area (Å²) in [5.41, 5.74) is 3.21. The van der Waals surface area contributed by atoms with Crippen LogP contribution in [0.4, 0.5) is 0 Å². The lowest BCUT2D eigenvalue weighted by Gasteiger charge is -2.30. The van der Waals surface area contributed by atoms with Crippen molar-refractivity contribution >= 4 is 37.8 Å². The van der Waals surface area contributed by atoms with E-state index in [2.05, 4.69) is 31.9 Å². The minimum atomic E-state index is -0.933. The van der Waals surface area contributed by atoms with E-state index in [1.54, 1.807) is 0 Å². The highest BCUT2D eigenvalue weighted by atomic mass is 79.9. The Balaban J connectivity index is 2.26. The summed E-state index contributed by atoms with van der Waals surface area (Å²) in [6.45, 7) is 4.06. The maximum absolute atomic E-state index is 12.1. The number of carbonyl (C=O) groups excluding carboxylic acids is 1. The molecule has 0 unspecified atom stereocenters. The molecule has 1 heterocycles. The maximum Gasteiger partial charge on any atom is 0.347 e. The molecule has 0 bridgehead atoms. The van der Waals surface area contributed by atoms with Gasteiger partial charge in [-0.25, -0.2) is 4.79 Å². The molecule has 1 aliphatic rings. The Morgan fingerprint density at radius 2 is 1.23 bits per heavy atom. The Hall–Kier alpha value is -1.39. The van der Waals surface area contributed by atoms with E-state index in [0.29, 0.717) is 8.96 Å². The summed E-state index contributed by atoms with van der Waals surface area (Å²) in [6, 6.07) is 16.1. The van der Waals surface area contributed by atoms with Crippen LogP contribution < -0.4 is 0 Å². The van der Waals surface area contributed by atoms with Crippen LogP contribution in [0.3, 0.4) is 0 Å². The first-order chi connectivity index (χ1) is 10.4. The minimum Gasteiger partial charge on any atom is -0.440 e. The third-order valence-corrected chi connectivity index (χ3v) is 6.05. The SMILES string of the molecule is Cc1ccc(C2(c3ccc(C)cc3)OC(=O)C(Br)=C2Br)cc1. The maximum atomic E-state index is 12.1. The molecule has 2 aromatic carbocycles. The predicted octanol–water partition coefficient (Wildman–Crippen LogP) is 5.11. The molecule has 22 heavy (non-hydrogen) atoms. The highest BCUT2D eigenvalue weighted by Crippen LogP contribution is 2.50. The van der Waals surface area contributed by atoms with Gasteiger partial charge in [0.25, 0.3) is 0 Å². The van der Waals surface area contributed by atoms with Crippen molar-refractivity contribution in [2.75, 3.05) is 0 Å². The second kappa shape index (κ2) is 5.67. The van der Waals surface area contributed by atoms with E-state index < -0.39 is 5.60 Å². The molecule has 0 aliphatic carbocycles. The Labute approximate surface area is 146 Å². The number of cyclic esters (lactones) is 1. The highest BCUT2D eigenvalue weighted by Gasteiger charge is 2.49. The molecule has 112 valence electrons. The number of carbonyl (C=O) groups is 1. The van der Waals surface area contributed by atoms with Crippen LogP contribution in [0, 0.1) is 13.8 Å². The van der Waals surface area contributed by atoms with Gasteiger partial charge in [-0.05, 0) is 45.7 Å². The zero-order valence-corrected chi connectivity index (χ0v) is 15.4. The molecular weight excluding hydrogens is 408 g/mol. The second-order valence-electron chi connectivity index (χ2n) is 5.43. The highest BCUT2D eigenvalue weighted by molar-refractivity contribution is 9.14. The van der Waals surface area contributed by atoms with Crippen LogP contribution in [-0.4, -0.2) is 5.97 Å². The van der Waals surface area contributed by atoms with Crippen LogP contribution in [0.15, 0.2) is 57.5 Å². The molecule has 2 nitrogen and oxygen atoms in total. The van der Waals surface area contributed by atoms with Gasteiger partial charge in [0.15, 0.2) is 5.60 Å². The lowest BCUT2D eigenvalue weighted by molar-refractivity contribution is -0.143. The van der Waals surface area contributed by atoms with E-state index in [1.807, 2.05) is 62.4 Å². The first-order valence-electron chi connectivity index (χ1n) is 6.88. The van der Waals surface area contributed by atoms with E-state index in [-0.39, 0.29) is 5.97 Å². The van der Waals surface area contributed by atoms with Gasteiger partial charge in [-0.2, -0.15) is 0 Å². The number of hydrogen-bond acceptors (Lipinski definition) is 2. The van der Waals surface area contributed by atoms with Crippen molar-refractivity contribution in [3.8, 4) is 0 Å². The monoisotopic (exact) mass is 420 g/mol. The van der Waals surface area contributed by atoms with E-state index in [0.717, 1.165) is 22.3 Å². The molecular formula is C18H14Br2O2. The van der Waals surface area contributed by atoms with Crippen LogP contribution >= 0.6 is 31.9 Å². The summed E-state index contributed by atoms with van der Waals surface area (Å²) >= 11 is 6.89. The largest absolute Gasteiger partial charge is 0.440 e. The van der Waals surface area contributed by atoms with Crippen molar-refractivity contribution in [1.29, 1.82) is 0 Å². The third kappa shape index (κ3) is 2.34. The Kier molecular flexibility index (Phi) is 4.00. The molecule has 0 saturated carbocycles. The van der Waals surface area contributed by atoms with Gasteiger partial charge >= 0.3 is 5.97 Å². The van der Waals surface area contributed by atoms with Crippen LogP contribution in [0.1, 0.15) is 22.3 Å². The number of rotatable bonds is 2. The first-order valence-corrected chi connectivity index (χ1v) is 8.47. The van der Waals surface area contributed by atoms with E-state index in [1.165, 1.54) is 0 Å². The van der Waals surface area contributed by atoms with Gasteiger partial charge in [0.05, 0.1) is 4.48 Å². The van der Waals surface area contributed by atoms with E-state index in [9.17, 15) is 4.79 Å². The number of benzene rings is 2. The van der Waals surface area contributed by atoms with Crippen molar-refractivity contribution in [3.05, 3.63) is 79.7 Å². The van der Waals surface area contributed by atoms with Gasteiger partial charge in [-0.15, -0.1) is 0 Å². The fraction of sp³-hybridized carbons (Fsp3) is 0.167. The zero-order chi connectivity index (χ0) is 15.9. The number of hydrogen-bond donors (Lipinski definition) is 0. The van der Waals surface area contributed by atoms with Crippen LogP contribution in [0.5, 0.6) is 0 Å². The number of esters is 1. The molecule has 0 saturated heterocycles. The fourth-order valence-electron chi connectivity index (χ4n) is 2.59. The van der Waals surface area contributed by atoms with Crippen molar-refractivity contribution < 1.29 is 9.53 Å². The number of halogens is 2. The summed E-state index contributed by atoms with van der Waals surface area (Å²) in [4.78, 5) is 12.1. The number of ether oxygens (including phenoxy) is 1. The van der Waals surface area contributed by atoms with Gasteiger partial charge in [-0.1, -0.05) is 59.7 Å². The van der Waals surface area contributed by atoms with Crippen molar-refractivity contribution in [1.82, 2.24) is 0 Å². The smallest absolute Gasteiger partial charge is 0.347 e. The minimum absolute atomic E-state index is 0.368.